The van der Waals surface area contributed by atoms with Crippen molar-refractivity contribution < 1.29 is 8.42 Å². The first-order valence-electron chi connectivity index (χ1n) is 7.04. The predicted molar refractivity (Wildman–Crippen MR) is 94.3 cm³/mol. The van der Waals surface area contributed by atoms with Gasteiger partial charge in [0, 0.05) is 21.7 Å². The van der Waals surface area contributed by atoms with Gasteiger partial charge in [-0.15, -0.1) is 11.3 Å². The highest BCUT2D eigenvalue weighted by atomic mass is 32.2. The summed E-state index contributed by atoms with van der Waals surface area (Å²) in [7, 11) is -3.27. The molecule has 2 rings (SSSR count). The van der Waals surface area contributed by atoms with Gasteiger partial charge in [0.2, 0.25) is 10.0 Å². The van der Waals surface area contributed by atoms with E-state index < -0.39 is 10.0 Å². The summed E-state index contributed by atoms with van der Waals surface area (Å²) >= 11 is 3.19. The minimum atomic E-state index is -3.27. The highest BCUT2D eigenvalue weighted by Gasteiger charge is 2.11. The number of aryl methyl sites for hydroxylation is 1. The van der Waals surface area contributed by atoms with Crippen LogP contribution in [-0.2, 0) is 10.0 Å². The smallest absolute Gasteiger partial charge is 0.232 e. The van der Waals surface area contributed by atoms with Gasteiger partial charge in [-0.2, -0.15) is 0 Å². The molecule has 2 aromatic rings. The first-order chi connectivity index (χ1) is 10.3. The fourth-order valence-electron chi connectivity index (χ4n) is 1.69. The lowest BCUT2D eigenvalue weighted by atomic mass is 10.2. The van der Waals surface area contributed by atoms with Crippen molar-refractivity contribution >= 4 is 38.8 Å². The normalized spacial score (nSPS) is 11.8. The fourth-order valence-corrected chi connectivity index (χ4v) is 4.88. The largest absolute Gasteiger partial charge is 0.284 e. The third-order valence-corrected chi connectivity index (χ3v) is 6.28. The fraction of sp³-hybridized carbons (Fsp3) is 0.400. The standard InChI is InChI=1S/C15H20N2O2S3/c1-11(2)8-9-22(18,19)17-13-4-6-14(7-5-13)21-15-16-12(3)10-20-15/h4-7,10-11,17H,8-9H2,1-3H3. The summed E-state index contributed by atoms with van der Waals surface area (Å²) in [6.07, 6.45) is 0.659. The maximum absolute atomic E-state index is 12.0. The van der Waals surface area contributed by atoms with Gasteiger partial charge >= 0.3 is 0 Å². The monoisotopic (exact) mass is 356 g/mol. The molecule has 0 saturated carbocycles. The molecule has 1 aromatic heterocycles. The van der Waals surface area contributed by atoms with Crippen LogP contribution in [0.1, 0.15) is 26.0 Å². The molecule has 4 nitrogen and oxygen atoms in total. The zero-order valence-corrected chi connectivity index (χ0v) is 15.3. The van der Waals surface area contributed by atoms with E-state index in [-0.39, 0.29) is 5.75 Å². The van der Waals surface area contributed by atoms with Gasteiger partial charge < -0.3 is 0 Å². The molecule has 1 heterocycles. The van der Waals surface area contributed by atoms with E-state index in [9.17, 15) is 8.42 Å². The summed E-state index contributed by atoms with van der Waals surface area (Å²) in [6, 6.07) is 7.38. The molecule has 7 heteroatoms. The molecule has 0 amide bonds. The Labute approximate surface area is 140 Å². The number of nitrogens with one attached hydrogen (secondary N) is 1. The van der Waals surface area contributed by atoms with Crippen molar-refractivity contribution in [2.24, 2.45) is 5.92 Å². The molecular weight excluding hydrogens is 336 g/mol. The molecule has 0 bridgehead atoms. The highest BCUT2D eigenvalue weighted by molar-refractivity contribution is 8.01. The van der Waals surface area contributed by atoms with Crippen molar-refractivity contribution in [3.63, 3.8) is 0 Å². The summed E-state index contributed by atoms with van der Waals surface area (Å²) in [5.41, 5.74) is 1.62. The van der Waals surface area contributed by atoms with Crippen LogP contribution >= 0.6 is 23.1 Å². The summed E-state index contributed by atoms with van der Waals surface area (Å²) in [6.45, 7) is 6.00. The Hall–Kier alpha value is -1.05. The lowest BCUT2D eigenvalue weighted by molar-refractivity contribution is 0.578. The van der Waals surface area contributed by atoms with Crippen LogP contribution < -0.4 is 4.72 Å². The van der Waals surface area contributed by atoms with E-state index in [0.29, 0.717) is 18.0 Å². The van der Waals surface area contributed by atoms with Crippen molar-refractivity contribution in [3.05, 3.63) is 35.3 Å². The Morgan fingerprint density at radius 3 is 2.50 bits per heavy atom. The number of sulfonamides is 1. The molecule has 22 heavy (non-hydrogen) atoms. The average Bonchev–Trinajstić information content (AvgIpc) is 2.84. The van der Waals surface area contributed by atoms with Gasteiger partial charge in [0.1, 0.15) is 0 Å². The quantitative estimate of drug-likeness (QED) is 0.799. The van der Waals surface area contributed by atoms with Gasteiger partial charge in [0.25, 0.3) is 0 Å². The van der Waals surface area contributed by atoms with E-state index in [0.717, 1.165) is 14.9 Å². The molecule has 1 N–H and O–H groups in total. The third-order valence-electron chi connectivity index (χ3n) is 2.89. The summed E-state index contributed by atoms with van der Waals surface area (Å²) < 4.78 is 27.5. The van der Waals surface area contributed by atoms with Crippen LogP contribution in [0.3, 0.4) is 0 Å². The van der Waals surface area contributed by atoms with E-state index in [1.165, 1.54) is 0 Å². The number of nitrogens with zero attached hydrogens (tertiary/aromatic N) is 1. The molecule has 0 aliphatic rings. The Kier molecular flexibility index (Phi) is 5.88. The number of thiazole rings is 1. The average molecular weight is 357 g/mol. The van der Waals surface area contributed by atoms with Crippen LogP contribution in [0.2, 0.25) is 0 Å². The molecule has 0 spiro atoms. The maximum atomic E-state index is 12.0. The van der Waals surface area contributed by atoms with E-state index in [1.807, 2.05) is 38.3 Å². The first kappa shape index (κ1) is 17.3. The number of aromatic nitrogens is 1. The number of anilines is 1. The molecule has 0 aliphatic carbocycles. The van der Waals surface area contributed by atoms with E-state index in [2.05, 4.69) is 9.71 Å². The lowest BCUT2D eigenvalue weighted by Crippen LogP contribution is -2.17. The van der Waals surface area contributed by atoms with Crippen LogP contribution in [-0.4, -0.2) is 19.2 Å². The molecular formula is C15H20N2O2S3. The maximum Gasteiger partial charge on any atom is 0.232 e. The SMILES string of the molecule is Cc1csc(Sc2ccc(NS(=O)(=O)CCC(C)C)cc2)n1. The summed E-state index contributed by atoms with van der Waals surface area (Å²) in [4.78, 5) is 5.44. The van der Waals surface area contributed by atoms with Gasteiger partial charge in [0.05, 0.1) is 5.75 Å². The molecule has 0 aliphatic heterocycles. The second-order valence-corrected chi connectivity index (χ2v) is 9.51. The van der Waals surface area contributed by atoms with Crippen molar-refractivity contribution in [1.29, 1.82) is 0 Å². The number of benzene rings is 1. The minimum Gasteiger partial charge on any atom is -0.284 e. The molecule has 0 atom stereocenters. The van der Waals surface area contributed by atoms with Crippen molar-refractivity contribution in [2.45, 2.75) is 36.4 Å². The second-order valence-electron chi connectivity index (χ2n) is 5.48. The van der Waals surface area contributed by atoms with E-state index >= 15 is 0 Å². The molecule has 1 aromatic carbocycles. The lowest BCUT2D eigenvalue weighted by Gasteiger charge is -2.09. The zero-order chi connectivity index (χ0) is 16.2. The Morgan fingerprint density at radius 1 is 1.27 bits per heavy atom. The molecule has 0 radical (unpaired) electrons. The van der Waals surface area contributed by atoms with Gasteiger partial charge in [-0.3, -0.25) is 4.72 Å². The van der Waals surface area contributed by atoms with Crippen LogP contribution in [0.4, 0.5) is 5.69 Å². The van der Waals surface area contributed by atoms with Crippen LogP contribution in [0.15, 0.2) is 38.9 Å². The molecule has 0 saturated heterocycles. The Morgan fingerprint density at radius 2 is 1.95 bits per heavy atom. The molecule has 120 valence electrons. The predicted octanol–water partition coefficient (Wildman–Crippen LogP) is 4.39. The third kappa shape index (κ3) is 5.62. The Bertz CT molecular complexity index is 707. The van der Waals surface area contributed by atoms with Crippen molar-refractivity contribution in [2.75, 3.05) is 10.5 Å². The molecule has 0 unspecified atom stereocenters. The zero-order valence-electron chi connectivity index (χ0n) is 12.9. The topological polar surface area (TPSA) is 59.1 Å². The summed E-state index contributed by atoms with van der Waals surface area (Å²) in [5.74, 6) is 0.525. The van der Waals surface area contributed by atoms with E-state index in [4.69, 9.17) is 0 Å². The van der Waals surface area contributed by atoms with Gasteiger partial charge in [-0.1, -0.05) is 25.6 Å². The number of rotatable bonds is 7. The van der Waals surface area contributed by atoms with Crippen LogP contribution in [0.25, 0.3) is 0 Å². The molecule has 0 fully saturated rings. The van der Waals surface area contributed by atoms with Crippen molar-refractivity contribution in [3.8, 4) is 0 Å². The first-order valence-corrected chi connectivity index (χ1v) is 10.4. The summed E-state index contributed by atoms with van der Waals surface area (Å²) in [5, 5.41) is 2.01. The number of hydrogen-bond acceptors (Lipinski definition) is 5. The van der Waals surface area contributed by atoms with Crippen molar-refractivity contribution in [1.82, 2.24) is 4.98 Å². The van der Waals surface area contributed by atoms with Crippen LogP contribution in [0.5, 0.6) is 0 Å². The highest BCUT2D eigenvalue weighted by Crippen LogP contribution is 2.30. The minimum absolute atomic E-state index is 0.152. The van der Waals surface area contributed by atoms with Gasteiger partial charge in [-0.25, -0.2) is 13.4 Å². The van der Waals surface area contributed by atoms with E-state index in [1.54, 1.807) is 35.2 Å². The van der Waals surface area contributed by atoms with Crippen LogP contribution in [0, 0.1) is 12.8 Å². The van der Waals surface area contributed by atoms with Gasteiger partial charge in [0.15, 0.2) is 4.34 Å². The van der Waals surface area contributed by atoms with Gasteiger partial charge in [-0.05, 0) is 43.5 Å². The Balaban J connectivity index is 1.97. The second kappa shape index (κ2) is 7.48. The number of hydrogen-bond donors (Lipinski definition) is 1.